The highest BCUT2D eigenvalue weighted by atomic mass is 32.2. The summed E-state index contributed by atoms with van der Waals surface area (Å²) in [5, 5.41) is 8.85. The van der Waals surface area contributed by atoms with E-state index < -0.39 is 28.5 Å². The molecule has 0 bridgehead atoms. The number of benzene rings is 1. The molecule has 0 fully saturated rings. The second kappa shape index (κ2) is 5.72. The normalized spacial score (nSPS) is 13.1. The van der Waals surface area contributed by atoms with E-state index >= 15 is 0 Å². The van der Waals surface area contributed by atoms with E-state index in [2.05, 4.69) is 0 Å². The van der Waals surface area contributed by atoms with Crippen LogP contribution in [0.2, 0.25) is 0 Å². The van der Waals surface area contributed by atoms with Crippen LogP contribution < -0.4 is 0 Å². The first-order valence-electron chi connectivity index (χ1n) is 5.64. The molecule has 1 aromatic carbocycles. The predicted molar refractivity (Wildman–Crippen MR) is 67.2 cm³/mol. The van der Waals surface area contributed by atoms with Gasteiger partial charge in [-0.1, -0.05) is 6.07 Å². The topological polar surface area (TPSA) is 67.5 Å². The van der Waals surface area contributed by atoms with Gasteiger partial charge in [-0.25, -0.2) is 4.79 Å². The summed E-state index contributed by atoms with van der Waals surface area (Å²) in [6.07, 6.45) is -3.40. The van der Waals surface area contributed by atoms with Crippen LogP contribution in [0.15, 0.2) is 45.9 Å². The molecule has 2 rings (SSSR count). The van der Waals surface area contributed by atoms with E-state index in [1.54, 1.807) is 0 Å². The van der Waals surface area contributed by atoms with Gasteiger partial charge in [0.1, 0.15) is 0 Å². The maximum absolute atomic E-state index is 12.6. The first-order chi connectivity index (χ1) is 9.79. The highest BCUT2D eigenvalue weighted by molar-refractivity contribution is 7.84. The summed E-state index contributed by atoms with van der Waals surface area (Å²) in [4.78, 5) is 10.8. The van der Waals surface area contributed by atoms with Gasteiger partial charge in [0, 0.05) is 10.5 Å². The number of carbonyl (C=O) groups is 1. The molecule has 112 valence electrons. The van der Waals surface area contributed by atoms with Gasteiger partial charge in [0.25, 0.3) is 0 Å². The molecular formula is C13H9F3O4S. The lowest BCUT2D eigenvalue weighted by Gasteiger charge is -2.08. The molecule has 0 aliphatic carbocycles. The summed E-state index contributed by atoms with van der Waals surface area (Å²) >= 11 is 0. The number of carboxylic acids is 1. The summed E-state index contributed by atoms with van der Waals surface area (Å²) in [6.45, 7) is 0. The molecule has 2 aromatic rings. The minimum absolute atomic E-state index is 0.0256. The van der Waals surface area contributed by atoms with Crippen LogP contribution in [0.5, 0.6) is 0 Å². The molecule has 1 N–H and O–H groups in total. The minimum Gasteiger partial charge on any atom is -0.475 e. The minimum atomic E-state index is -4.53. The van der Waals surface area contributed by atoms with E-state index in [4.69, 9.17) is 9.52 Å². The zero-order valence-electron chi connectivity index (χ0n) is 10.4. The molecule has 1 aromatic heterocycles. The summed E-state index contributed by atoms with van der Waals surface area (Å²) in [6, 6.07) is 5.45. The van der Waals surface area contributed by atoms with Crippen LogP contribution in [0.1, 0.15) is 21.7 Å². The average Bonchev–Trinajstić information content (AvgIpc) is 2.86. The van der Waals surface area contributed by atoms with Crippen LogP contribution in [-0.2, 0) is 22.7 Å². The summed E-state index contributed by atoms with van der Waals surface area (Å²) in [5.74, 6) is -1.93. The third-order valence-electron chi connectivity index (χ3n) is 2.65. The lowest BCUT2D eigenvalue weighted by Crippen LogP contribution is -2.07. The number of aromatic carboxylic acids is 1. The Labute approximate surface area is 119 Å². The van der Waals surface area contributed by atoms with Gasteiger partial charge < -0.3 is 9.52 Å². The second-order valence-corrected chi connectivity index (χ2v) is 5.55. The van der Waals surface area contributed by atoms with Crippen molar-refractivity contribution in [2.45, 2.75) is 16.8 Å². The van der Waals surface area contributed by atoms with E-state index in [9.17, 15) is 22.2 Å². The summed E-state index contributed by atoms with van der Waals surface area (Å²) in [7, 11) is -1.81. The Bertz CT molecular complexity index is 691. The van der Waals surface area contributed by atoms with Crippen LogP contribution in [0.25, 0.3) is 0 Å². The molecule has 0 saturated carbocycles. The monoisotopic (exact) mass is 318 g/mol. The standard InChI is InChI=1S/C13H9F3O4S/c14-13(15,16)9-2-1-3-10(6-9)21(19)7-8-4-5-20-11(8)12(17)18/h1-6H,7H2,(H,17,18). The number of rotatable bonds is 4. The molecule has 0 aliphatic rings. The molecule has 1 atom stereocenters. The van der Waals surface area contributed by atoms with Crippen molar-refractivity contribution in [3.05, 3.63) is 53.5 Å². The number of hydrogen-bond acceptors (Lipinski definition) is 3. The van der Waals surface area contributed by atoms with E-state index in [-0.39, 0.29) is 22.0 Å². The fourth-order valence-electron chi connectivity index (χ4n) is 1.68. The Balaban J connectivity index is 2.25. The van der Waals surface area contributed by atoms with Crippen LogP contribution in [0.3, 0.4) is 0 Å². The Kier molecular flexibility index (Phi) is 4.17. The quantitative estimate of drug-likeness (QED) is 0.939. The molecular weight excluding hydrogens is 309 g/mol. The van der Waals surface area contributed by atoms with E-state index in [1.807, 2.05) is 0 Å². The fraction of sp³-hybridized carbons (Fsp3) is 0.154. The van der Waals surface area contributed by atoms with Gasteiger partial charge in [0.2, 0.25) is 5.76 Å². The number of carboxylic acid groups (broad SMARTS) is 1. The SMILES string of the molecule is O=C(O)c1occc1CS(=O)c1cccc(C(F)(F)F)c1. The Morgan fingerprint density at radius 3 is 2.62 bits per heavy atom. The summed E-state index contributed by atoms with van der Waals surface area (Å²) < 4.78 is 54.6. The lowest BCUT2D eigenvalue weighted by atomic mass is 10.2. The molecule has 0 spiro atoms. The molecule has 21 heavy (non-hydrogen) atoms. The van der Waals surface area contributed by atoms with E-state index in [0.29, 0.717) is 0 Å². The van der Waals surface area contributed by atoms with Crippen molar-refractivity contribution in [3.63, 3.8) is 0 Å². The van der Waals surface area contributed by atoms with Crippen molar-refractivity contribution in [3.8, 4) is 0 Å². The van der Waals surface area contributed by atoms with Crippen molar-refractivity contribution >= 4 is 16.8 Å². The zero-order valence-corrected chi connectivity index (χ0v) is 11.2. The van der Waals surface area contributed by atoms with Crippen molar-refractivity contribution in [1.29, 1.82) is 0 Å². The van der Waals surface area contributed by atoms with E-state index in [0.717, 1.165) is 24.5 Å². The van der Waals surface area contributed by atoms with Gasteiger partial charge in [-0.05, 0) is 24.3 Å². The summed E-state index contributed by atoms with van der Waals surface area (Å²) in [5.41, 5.74) is -0.739. The molecule has 1 heterocycles. The zero-order chi connectivity index (χ0) is 15.6. The van der Waals surface area contributed by atoms with Gasteiger partial charge in [0.05, 0.1) is 28.4 Å². The Hall–Kier alpha value is -2.09. The first kappa shape index (κ1) is 15.3. The molecule has 1 unspecified atom stereocenters. The first-order valence-corrected chi connectivity index (χ1v) is 6.96. The van der Waals surface area contributed by atoms with Gasteiger partial charge in [-0.2, -0.15) is 13.2 Å². The number of alkyl halides is 3. The number of halogens is 3. The van der Waals surface area contributed by atoms with Crippen LogP contribution in [0.4, 0.5) is 13.2 Å². The largest absolute Gasteiger partial charge is 0.475 e. The molecule has 0 aliphatic heterocycles. The highest BCUT2D eigenvalue weighted by Crippen LogP contribution is 2.30. The highest BCUT2D eigenvalue weighted by Gasteiger charge is 2.30. The van der Waals surface area contributed by atoms with Crippen LogP contribution in [-0.4, -0.2) is 15.3 Å². The van der Waals surface area contributed by atoms with Gasteiger partial charge in [-0.3, -0.25) is 4.21 Å². The Morgan fingerprint density at radius 2 is 2.00 bits per heavy atom. The number of hydrogen-bond donors (Lipinski definition) is 1. The maximum atomic E-state index is 12.6. The second-order valence-electron chi connectivity index (χ2n) is 4.10. The smallest absolute Gasteiger partial charge is 0.416 e. The average molecular weight is 318 g/mol. The van der Waals surface area contributed by atoms with Crippen molar-refractivity contribution in [2.75, 3.05) is 0 Å². The lowest BCUT2D eigenvalue weighted by molar-refractivity contribution is -0.137. The molecule has 0 radical (unpaired) electrons. The Morgan fingerprint density at radius 1 is 1.29 bits per heavy atom. The van der Waals surface area contributed by atoms with Crippen molar-refractivity contribution in [1.82, 2.24) is 0 Å². The van der Waals surface area contributed by atoms with Crippen LogP contribution >= 0.6 is 0 Å². The van der Waals surface area contributed by atoms with Crippen molar-refractivity contribution < 1.29 is 31.7 Å². The molecule has 0 amide bonds. The predicted octanol–water partition coefficient (Wildman–Crippen LogP) is 3.30. The van der Waals surface area contributed by atoms with Gasteiger partial charge in [0.15, 0.2) is 0 Å². The third-order valence-corrected chi connectivity index (χ3v) is 4.00. The fourth-order valence-corrected chi connectivity index (χ4v) is 2.84. The van der Waals surface area contributed by atoms with Crippen molar-refractivity contribution in [2.24, 2.45) is 0 Å². The molecule has 0 saturated heterocycles. The van der Waals surface area contributed by atoms with Gasteiger partial charge >= 0.3 is 12.1 Å². The third kappa shape index (κ3) is 3.52. The molecule has 8 heteroatoms. The van der Waals surface area contributed by atoms with E-state index in [1.165, 1.54) is 12.1 Å². The maximum Gasteiger partial charge on any atom is 0.416 e. The number of furan rings is 1. The molecule has 4 nitrogen and oxygen atoms in total. The van der Waals surface area contributed by atoms with Crippen LogP contribution in [0, 0.1) is 0 Å². The van der Waals surface area contributed by atoms with Gasteiger partial charge in [-0.15, -0.1) is 0 Å².